The zero-order valence-corrected chi connectivity index (χ0v) is 29.7. The predicted molar refractivity (Wildman–Crippen MR) is 182 cm³/mol. The molecule has 0 amide bonds. The molecule has 0 bridgehead atoms. The summed E-state index contributed by atoms with van der Waals surface area (Å²) in [6.45, 7) is 5.83. The van der Waals surface area contributed by atoms with Gasteiger partial charge in [0.25, 0.3) is 0 Å². The van der Waals surface area contributed by atoms with Crippen molar-refractivity contribution in [3.8, 4) is 17.2 Å². The number of hydrogen-bond donors (Lipinski definition) is 5. The van der Waals surface area contributed by atoms with Gasteiger partial charge in [-0.15, -0.1) is 12.4 Å². The van der Waals surface area contributed by atoms with E-state index in [1.54, 1.807) is 20.8 Å². The summed E-state index contributed by atoms with van der Waals surface area (Å²) in [5.41, 5.74) is 2.16. The molecule has 0 aromatic heterocycles. The number of halogens is 1. The Morgan fingerprint density at radius 2 is 1.75 bits per heavy atom. The number of fused-ring (bicyclic) bond motifs is 3. The van der Waals surface area contributed by atoms with Crippen LogP contribution in [0, 0.1) is 5.92 Å². The highest BCUT2D eigenvalue weighted by molar-refractivity contribution is 6.31. The van der Waals surface area contributed by atoms with E-state index in [1.807, 2.05) is 0 Å². The summed E-state index contributed by atoms with van der Waals surface area (Å²) in [6, 6.07) is 3.06. The number of phenols is 2. The number of rotatable bonds is 9. The van der Waals surface area contributed by atoms with Gasteiger partial charge in [0.05, 0.1) is 42.1 Å². The molecule has 0 radical (unpaired) electrons. The van der Waals surface area contributed by atoms with E-state index in [9.17, 15) is 39.6 Å². The van der Waals surface area contributed by atoms with E-state index in [-0.39, 0.29) is 58.8 Å². The number of nitrogens with zero attached hydrogens (tertiary/aromatic N) is 1. The van der Waals surface area contributed by atoms with Crippen LogP contribution in [0.4, 0.5) is 0 Å². The summed E-state index contributed by atoms with van der Waals surface area (Å²) in [4.78, 5) is 56.1. The molecule has 0 spiro atoms. The van der Waals surface area contributed by atoms with E-state index in [2.05, 4.69) is 4.90 Å². The molecular weight excluding hydrogens is 688 g/mol. The number of benzene rings is 2. The maximum Gasteiger partial charge on any atom is 0.323 e. The van der Waals surface area contributed by atoms with Gasteiger partial charge < -0.3 is 45.1 Å². The van der Waals surface area contributed by atoms with Gasteiger partial charge >= 0.3 is 5.97 Å². The smallest absolute Gasteiger partial charge is 0.323 e. The van der Waals surface area contributed by atoms with Crippen molar-refractivity contribution in [3.63, 3.8) is 0 Å². The van der Waals surface area contributed by atoms with Crippen molar-refractivity contribution >= 4 is 35.7 Å². The van der Waals surface area contributed by atoms with Gasteiger partial charge in [0, 0.05) is 42.0 Å². The van der Waals surface area contributed by atoms with Gasteiger partial charge in [0.15, 0.2) is 18.7 Å². The molecule has 15 heteroatoms. The van der Waals surface area contributed by atoms with E-state index >= 15 is 0 Å². The highest BCUT2D eigenvalue weighted by atomic mass is 35.5. The van der Waals surface area contributed by atoms with Crippen LogP contribution in [0.15, 0.2) is 18.2 Å². The molecule has 14 nitrogen and oxygen atoms in total. The van der Waals surface area contributed by atoms with Gasteiger partial charge in [-0.25, -0.2) is 0 Å². The summed E-state index contributed by atoms with van der Waals surface area (Å²) >= 11 is 0. The van der Waals surface area contributed by atoms with Crippen molar-refractivity contribution in [2.24, 2.45) is 11.7 Å². The minimum atomic E-state index is -2.32. The second-order valence-electron chi connectivity index (χ2n) is 14.0. The molecule has 2 saturated heterocycles. The molecular formula is C36H45ClN2O12. The van der Waals surface area contributed by atoms with Crippen LogP contribution < -0.4 is 10.5 Å². The number of hydrogen-bond acceptors (Lipinski definition) is 14. The van der Waals surface area contributed by atoms with Gasteiger partial charge in [-0.3, -0.25) is 24.1 Å². The van der Waals surface area contributed by atoms with Crippen molar-refractivity contribution in [2.45, 2.75) is 95.2 Å². The zero-order chi connectivity index (χ0) is 36.2. The number of phenolic OH excluding ortho intramolecular Hbond substituents is 2. The quantitative estimate of drug-likeness (QED) is 0.157. The fourth-order valence-electron chi connectivity index (χ4n) is 7.62. The Morgan fingerprint density at radius 3 is 2.39 bits per heavy atom. The highest BCUT2D eigenvalue weighted by Crippen LogP contribution is 2.52. The molecule has 1 unspecified atom stereocenters. The Labute approximate surface area is 301 Å². The molecule has 2 aromatic rings. The van der Waals surface area contributed by atoms with Crippen molar-refractivity contribution in [1.29, 1.82) is 0 Å². The monoisotopic (exact) mass is 732 g/mol. The van der Waals surface area contributed by atoms with Crippen molar-refractivity contribution in [3.05, 3.63) is 51.6 Å². The SMILES string of the molecule is COc1cccc2c1C(=O)c1c(O)c3c(c(O)c1C2=O)C[C@@](O)(C(=O)COC(=O)C(N)C(C)C)C[C@@H]3O[C@H]1C[C@H](N2CCCC2)[C@H](O)[C@H](C)O1.Cl. The molecule has 2 aliphatic heterocycles. The van der Waals surface area contributed by atoms with Crippen LogP contribution in [-0.4, -0.2) is 112 Å². The summed E-state index contributed by atoms with van der Waals surface area (Å²) in [5.74, 6) is -4.87. The van der Waals surface area contributed by atoms with Crippen LogP contribution in [0.5, 0.6) is 17.2 Å². The summed E-state index contributed by atoms with van der Waals surface area (Å²) in [6.07, 6.45) is -2.81. The maximum absolute atomic E-state index is 14.0. The number of ketones is 3. The number of methoxy groups -OCH3 is 1. The Balaban J connectivity index is 0.00000504. The first-order chi connectivity index (χ1) is 23.7. The molecule has 2 heterocycles. The van der Waals surface area contributed by atoms with E-state index in [1.165, 1.54) is 25.3 Å². The normalized spacial score (nSPS) is 28.0. The lowest BCUT2D eigenvalue weighted by Gasteiger charge is -2.44. The second kappa shape index (κ2) is 14.8. The molecule has 4 aliphatic rings. The first-order valence-electron chi connectivity index (χ1n) is 17.0. The Morgan fingerprint density at radius 1 is 1.08 bits per heavy atom. The first kappa shape index (κ1) is 38.6. The average Bonchev–Trinajstić information content (AvgIpc) is 3.63. The van der Waals surface area contributed by atoms with E-state index < -0.39 is 102 Å². The molecule has 2 fully saturated rings. The van der Waals surface area contributed by atoms with E-state index in [0.717, 1.165) is 25.9 Å². The van der Waals surface area contributed by atoms with Gasteiger partial charge in [0.2, 0.25) is 11.6 Å². The van der Waals surface area contributed by atoms with Crippen molar-refractivity contribution in [2.75, 3.05) is 26.8 Å². The van der Waals surface area contributed by atoms with Crippen LogP contribution >= 0.6 is 12.4 Å². The zero-order valence-electron chi connectivity index (χ0n) is 28.9. The van der Waals surface area contributed by atoms with E-state index in [0.29, 0.717) is 0 Å². The molecule has 2 aromatic carbocycles. The molecule has 7 atom stereocenters. The molecule has 278 valence electrons. The van der Waals surface area contributed by atoms with E-state index in [4.69, 9.17) is 24.7 Å². The Hall–Kier alpha value is -3.63. The molecule has 51 heavy (non-hydrogen) atoms. The number of aromatic hydroxyl groups is 2. The van der Waals surface area contributed by atoms with Crippen molar-refractivity contribution in [1.82, 2.24) is 4.90 Å². The van der Waals surface area contributed by atoms with Crippen LogP contribution in [0.25, 0.3) is 0 Å². The second-order valence-corrected chi connectivity index (χ2v) is 14.0. The summed E-state index contributed by atoms with van der Waals surface area (Å²) in [5, 5.41) is 46.5. The first-order valence-corrected chi connectivity index (χ1v) is 17.0. The molecule has 6 rings (SSSR count). The number of carbonyl (C=O) groups excluding carboxylic acids is 4. The highest BCUT2D eigenvalue weighted by Gasteiger charge is 2.51. The molecule has 2 aliphatic carbocycles. The topological polar surface area (TPSA) is 215 Å². The molecule has 0 saturated carbocycles. The van der Waals surface area contributed by atoms with Crippen molar-refractivity contribution < 1.29 is 58.6 Å². The number of likely N-dealkylation sites (tertiary alicyclic amines) is 1. The third-order valence-electron chi connectivity index (χ3n) is 10.5. The fraction of sp³-hybridized carbons (Fsp3) is 0.556. The lowest BCUT2D eigenvalue weighted by Crippen LogP contribution is -2.55. The minimum Gasteiger partial charge on any atom is -0.507 e. The Kier molecular flexibility index (Phi) is 11.2. The number of carbonyl (C=O) groups is 4. The number of nitrogens with two attached hydrogens (primary N) is 1. The summed E-state index contributed by atoms with van der Waals surface area (Å²) in [7, 11) is 1.33. The number of ether oxygens (including phenoxy) is 4. The van der Waals surface area contributed by atoms with Crippen LogP contribution in [0.2, 0.25) is 0 Å². The van der Waals surface area contributed by atoms with Gasteiger partial charge in [0.1, 0.15) is 28.9 Å². The predicted octanol–water partition coefficient (Wildman–Crippen LogP) is 2.09. The van der Waals surface area contributed by atoms with Gasteiger partial charge in [-0.05, 0) is 44.8 Å². The largest absolute Gasteiger partial charge is 0.507 e. The lowest BCUT2D eigenvalue weighted by atomic mass is 9.72. The number of aliphatic hydroxyl groups is 2. The minimum absolute atomic E-state index is 0. The number of aliphatic hydroxyl groups excluding tert-OH is 1. The average molecular weight is 733 g/mol. The number of esters is 1. The maximum atomic E-state index is 14.0. The molecule has 6 N–H and O–H groups in total. The fourth-order valence-corrected chi connectivity index (χ4v) is 7.62. The number of Topliss-reactive ketones (excluding diaryl/α,β-unsaturated/α-hetero) is 1. The third-order valence-corrected chi connectivity index (χ3v) is 10.5. The summed E-state index contributed by atoms with van der Waals surface area (Å²) < 4.78 is 23.0. The van der Waals surface area contributed by atoms with Gasteiger partial charge in [-0.2, -0.15) is 0 Å². The van der Waals surface area contributed by atoms with Crippen LogP contribution in [-0.2, 0) is 30.2 Å². The van der Waals surface area contributed by atoms with Crippen LogP contribution in [0.1, 0.15) is 95.5 Å². The Bertz CT molecular complexity index is 1720. The van der Waals surface area contributed by atoms with Crippen LogP contribution in [0.3, 0.4) is 0 Å². The van der Waals surface area contributed by atoms with Gasteiger partial charge in [-0.1, -0.05) is 26.0 Å². The third kappa shape index (κ3) is 6.74. The lowest BCUT2D eigenvalue weighted by molar-refractivity contribution is -0.257. The standard InChI is InChI=1S/C36H44N2O12.ClH/c1-16(2)29(37)35(45)48-15-23(39)36(46)13-19-26(22(14-36)50-24-12-20(30(40)17(3)49-24)38-10-5-6-11-38)34(44)28-27(32(19)42)31(41)18-8-7-9-21(47-4)25(18)33(28)43;/h7-9,16-17,20,22,24,29-30,40,42,44,46H,5-6,10-15,37H2,1-4H3;1H/t17-,20-,22-,24-,29?,30+,36-;/m0./s1.